The molecule has 1 spiro atoms. The first kappa shape index (κ1) is 38.3. The monoisotopic (exact) mass is 878 g/mol. The molecule has 0 fully saturated rings. The second-order valence-corrected chi connectivity index (χ2v) is 18.7. The zero-order chi connectivity index (χ0) is 45.4. The average molecular weight is 879 g/mol. The van der Waals surface area contributed by atoms with Gasteiger partial charge in [0.05, 0.1) is 38.7 Å². The quantitative estimate of drug-likeness (QED) is 0.162. The van der Waals surface area contributed by atoms with E-state index in [1.165, 1.54) is 71.7 Å². The minimum Gasteiger partial charge on any atom is -0.309 e. The van der Waals surface area contributed by atoms with E-state index in [-0.39, 0.29) is 0 Å². The van der Waals surface area contributed by atoms with Crippen molar-refractivity contribution in [1.29, 1.82) is 0 Å². The fourth-order valence-corrected chi connectivity index (χ4v) is 12.4. The number of pyridine rings is 1. The van der Waals surface area contributed by atoms with Crippen LogP contribution in [0, 0.1) is 0 Å². The van der Waals surface area contributed by atoms with E-state index in [1.54, 1.807) is 0 Å². The lowest BCUT2D eigenvalue weighted by Crippen LogP contribution is -2.25. The zero-order valence-electron chi connectivity index (χ0n) is 37.9. The maximum atomic E-state index is 5.71. The van der Waals surface area contributed by atoms with E-state index >= 15 is 0 Å². The number of hydrogen-bond donors (Lipinski definition) is 0. The van der Waals surface area contributed by atoms with Crippen molar-refractivity contribution in [3.05, 3.63) is 253 Å². The van der Waals surface area contributed by atoms with E-state index in [4.69, 9.17) is 9.97 Å². The van der Waals surface area contributed by atoms with Crippen LogP contribution in [0.25, 0.3) is 111 Å². The Morgan fingerprint density at radius 2 is 0.884 bits per heavy atom. The third-order valence-electron chi connectivity index (χ3n) is 15.3. The molecule has 2 aliphatic rings. The van der Waals surface area contributed by atoms with Crippen LogP contribution in [-0.4, -0.2) is 19.1 Å². The van der Waals surface area contributed by atoms with Crippen LogP contribution in [0.3, 0.4) is 0 Å². The summed E-state index contributed by atoms with van der Waals surface area (Å²) in [6.45, 7) is 2.18. The van der Waals surface area contributed by atoms with Crippen LogP contribution < -0.4 is 0 Å². The van der Waals surface area contributed by atoms with E-state index in [1.807, 2.05) is 0 Å². The van der Waals surface area contributed by atoms with Crippen molar-refractivity contribution in [1.82, 2.24) is 19.1 Å². The van der Waals surface area contributed by atoms with Crippen LogP contribution in [0.5, 0.6) is 0 Å². The Kier molecular flexibility index (Phi) is 7.94. The lowest BCUT2D eigenvalue weighted by Gasteiger charge is -2.30. The molecule has 0 bridgehead atoms. The number of imidazole rings is 1. The topological polar surface area (TPSA) is 35.6 Å². The highest BCUT2D eigenvalue weighted by Gasteiger charge is 2.51. The van der Waals surface area contributed by atoms with Crippen LogP contribution in [0.15, 0.2) is 224 Å². The molecule has 0 radical (unpaired) electrons. The summed E-state index contributed by atoms with van der Waals surface area (Å²) < 4.78 is 4.74. The molecule has 0 N–H and O–H groups in total. The van der Waals surface area contributed by atoms with E-state index in [9.17, 15) is 0 Å². The standard InChI is InChI=1S/C65H42N4/c1-2-63-66-59-27-13-16-30-62(59)69(63)43-33-31-40(32-34-43)41-35-42(37-44(36-41)68-60-28-14-7-21-49(60)50-22-8-15-29-61(50)68)64-53-39-57-52(38-51(53)48-20-6-12-26-58(48)67-64)47-19-5-11-25-56(47)65(57)54-23-9-3-17-45(54)46-18-4-10-24-55(46)65/h3-39H,2H2,1H3. The van der Waals surface area contributed by atoms with Crippen molar-refractivity contribution < 1.29 is 0 Å². The summed E-state index contributed by atoms with van der Waals surface area (Å²) in [6.07, 6.45) is 0.836. The molecule has 0 atom stereocenters. The number of rotatable bonds is 5. The minimum absolute atomic E-state index is 0.480. The van der Waals surface area contributed by atoms with Gasteiger partial charge in [0, 0.05) is 44.9 Å². The van der Waals surface area contributed by atoms with Gasteiger partial charge < -0.3 is 4.57 Å². The molecule has 3 heterocycles. The highest BCUT2D eigenvalue weighted by molar-refractivity contribution is 6.15. The Bertz CT molecular complexity index is 4200. The third-order valence-corrected chi connectivity index (χ3v) is 15.3. The maximum absolute atomic E-state index is 5.71. The molecule has 0 saturated carbocycles. The van der Waals surface area contributed by atoms with E-state index in [0.717, 1.165) is 73.3 Å². The summed E-state index contributed by atoms with van der Waals surface area (Å²) in [7, 11) is 0. The van der Waals surface area contributed by atoms with Crippen molar-refractivity contribution in [2.24, 2.45) is 0 Å². The normalized spacial score (nSPS) is 13.2. The fraction of sp³-hybridized carbons (Fsp3) is 0.0462. The second kappa shape index (κ2) is 14.3. The molecular weight excluding hydrogens is 837 g/mol. The van der Waals surface area contributed by atoms with Gasteiger partial charge in [0.1, 0.15) is 5.82 Å². The SMILES string of the molecule is CCc1nc2ccccc2n1-c1ccc(-c2cc(-c3nc4ccccc4c4cc5c(cc34)C3(c4ccccc4-c4ccccc43)c3ccccc3-5)cc(-n3c4ccccc4c4ccccc43)c2)cc1. The predicted octanol–water partition coefficient (Wildman–Crippen LogP) is 16.1. The third kappa shape index (κ3) is 5.23. The number of hydrogen-bond acceptors (Lipinski definition) is 2. The molecule has 3 aromatic heterocycles. The number of benzene rings is 10. The number of aryl methyl sites for hydroxylation is 1. The molecule has 0 saturated heterocycles. The lowest BCUT2D eigenvalue weighted by molar-refractivity contribution is 0.795. The van der Waals surface area contributed by atoms with Crippen LogP contribution in [0.4, 0.5) is 0 Å². The summed E-state index contributed by atoms with van der Waals surface area (Å²) in [5.41, 5.74) is 21.9. The summed E-state index contributed by atoms with van der Waals surface area (Å²) in [5, 5.41) is 5.96. The molecule has 15 rings (SSSR count). The number of para-hydroxylation sites is 5. The fourth-order valence-electron chi connectivity index (χ4n) is 12.4. The highest BCUT2D eigenvalue weighted by atomic mass is 15.1. The van der Waals surface area contributed by atoms with Gasteiger partial charge in [0.15, 0.2) is 0 Å². The summed E-state index contributed by atoms with van der Waals surface area (Å²) in [5.74, 6) is 1.05. The Labute approximate surface area is 399 Å². The molecule has 69 heavy (non-hydrogen) atoms. The van der Waals surface area contributed by atoms with Gasteiger partial charge in [-0.1, -0.05) is 159 Å². The molecule has 0 unspecified atom stereocenters. The molecule has 4 heteroatoms. The molecule has 4 nitrogen and oxygen atoms in total. The molecule has 0 amide bonds. The van der Waals surface area contributed by atoms with Crippen LogP contribution >= 0.6 is 0 Å². The van der Waals surface area contributed by atoms with Gasteiger partial charge >= 0.3 is 0 Å². The Balaban J connectivity index is 1.02. The number of aromatic nitrogens is 4. The van der Waals surface area contributed by atoms with Gasteiger partial charge in [-0.25, -0.2) is 9.97 Å². The van der Waals surface area contributed by atoms with E-state index < -0.39 is 5.41 Å². The van der Waals surface area contributed by atoms with Crippen molar-refractivity contribution in [2.45, 2.75) is 18.8 Å². The Morgan fingerprint density at radius 1 is 0.348 bits per heavy atom. The van der Waals surface area contributed by atoms with Crippen molar-refractivity contribution in [2.75, 3.05) is 0 Å². The first-order valence-electron chi connectivity index (χ1n) is 24.0. The smallest absolute Gasteiger partial charge is 0.114 e. The highest BCUT2D eigenvalue weighted by Crippen LogP contribution is 2.63. The van der Waals surface area contributed by atoms with Crippen LogP contribution in [0.2, 0.25) is 0 Å². The first-order valence-corrected chi connectivity index (χ1v) is 24.0. The maximum Gasteiger partial charge on any atom is 0.114 e. The second-order valence-electron chi connectivity index (χ2n) is 18.7. The molecule has 2 aliphatic carbocycles. The van der Waals surface area contributed by atoms with E-state index in [0.29, 0.717) is 0 Å². The van der Waals surface area contributed by atoms with Gasteiger partial charge in [-0.05, 0) is 134 Å². The number of fused-ring (bicyclic) bond motifs is 17. The van der Waals surface area contributed by atoms with E-state index in [2.05, 4.69) is 241 Å². The molecular formula is C65H42N4. The molecule has 322 valence electrons. The van der Waals surface area contributed by atoms with Gasteiger partial charge in [0.25, 0.3) is 0 Å². The van der Waals surface area contributed by atoms with Gasteiger partial charge in [-0.3, -0.25) is 4.57 Å². The van der Waals surface area contributed by atoms with Crippen molar-refractivity contribution in [3.8, 4) is 56.0 Å². The Morgan fingerprint density at radius 3 is 1.54 bits per heavy atom. The van der Waals surface area contributed by atoms with Gasteiger partial charge in [0.2, 0.25) is 0 Å². The van der Waals surface area contributed by atoms with Crippen LogP contribution in [-0.2, 0) is 11.8 Å². The lowest BCUT2D eigenvalue weighted by atomic mass is 9.70. The largest absolute Gasteiger partial charge is 0.309 e. The van der Waals surface area contributed by atoms with Gasteiger partial charge in [-0.2, -0.15) is 0 Å². The van der Waals surface area contributed by atoms with Crippen LogP contribution in [0.1, 0.15) is 35.0 Å². The first-order chi connectivity index (χ1) is 34.2. The number of nitrogens with zero attached hydrogens (tertiary/aromatic N) is 4. The Hall–Kier alpha value is -8.86. The van der Waals surface area contributed by atoms with Gasteiger partial charge in [-0.15, -0.1) is 0 Å². The molecule has 0 aliphatic heterocycles. The molecule has 10 aromatic carbocycles. The summed E-state index contributed by atoms with van der Waals surface area (Å²) in [6, 6.07) is 83.0. The van der Waals surface area contributed by atoms with Crippen molar-refractivity contribution >= 4 is 54.5 Å². The minimum atomic E-state index is -0.480. The summed E-state index contributed by atoms with van der Waals surface area (Å²) in [4.78, 5) is 10.7. The predicted molar refractivity (Wildman–Crippen MR) is 285 cm³/mol. The zero-order valence-corrected chi connectivity index (χ0v) is 37.9. The average Bonchev–Trinajstić information content (AvgIpc) is 4.14. The molecule has 13 aromatic rings. The van der Waals surface area contributed by atoms with Crippen molar-refractivity contribution in [3.63, 3.8) is 0 Å². The summed E-state index contributed by atoms with van der Waals surface area (Å²) >= 11 is 0.